The highest BCUT2D eigenvalue weighted by Gasteiger charge is 2.24. The van der Waals surface area contributed by atoms with E-state index in [1.807, 2.05) is 13.8 Å². The van der Waals surface area contributed by atoms with Gasteiger partial charge in [0.2, 0.25) is 5.91 Å². The van der Waals surface area contributed by atoms with Crippen LogP contribution in [0.1, 0.15) is 46.5 Å². The zero-order valence-corrected chi connectivity index (χ0v) is 10.9. The standard InChI is InChI=1S/C13H26N2O/c1-4-13(2,3)12(16)15-9-7-11-6-5-8-14-10-11/h11,14H,4-10H2,1-3H3,(H,15,16). The number of amides is 1. The predicted octanol–water partition coefficient (Wildman–Crippen LogP) is 1.93. The molecule has 0 aromatic carbocycles. The smallest absolute Gasteiger partial charge is 0.225 e. The van der Waals surface area contributed by atoms with Crippen LogP contribution in [0.2, 0.25) is 0 Å². The summed E-state index contributed by atoms with van der Waals surface area (Å²) in [5, 5.41) is 6.46. The lowest BCUT2D eigenvalue weighted by molar-refractivity contribution is -0.129. The molecule has 16 heavy (non-hydrogen) atoms. The minimum Gasteiger partial charge on any atom is -0.356 e. The molecule has 0 bridgehead atoms. The van der Waals surface area contributed by atoms with Crippen molar-refractivity contribution in [2.45, 2.75) is 46.5 Å². The Labute approximate surface area is 99.4 Å². The Bertz CT molecular complexity index is 220. The third kappa shape index (κ3) is 4.12. The van der Waals surface area contributed by atoms with Crippen molar-refractivity contribution < 1.29 is 4.79 Å². The molecular weight excluding hydrogens is 200 g/mol. The lowest BCUT2D eigenvalue weighted by atomic mass is 9.89. The molecule has 1 amide bonds. The first-order valence-corrected chi connectivity index (χ1v) is 6.55. The largest absolute Gasteiger partial charge is 0.356 e. The predicted molar refractivity (Wildman–Crippen MR) is 67.3 cm³/mol. The molecule has 0 aromatic rings. The Morgan fingerprint density at radius 1 is 1.50 bits per heavy atom. The van der Waals surface area contributed by atoms with E-state index in [4.69, 9.17) is 0 Å². The summed E-state index contributed by atoms with van der Waals surface area (Å²) in [7, 11) is 0. The highest BCUT2D eigenvalue weighted by molar-refractivity contribution is 5.81. The molecule has 0 aromatic heterocycles. The third-order valence-corrected chi connectivity index (χ3v) is 3.74. The Hall–Kier alpha value is -0.570. The van der Waals surface area contributed by atoms with Gasteiger partial charge in [0.05, 0.1) is 0 Å². The summed E-state index contributed by atoms with van der Waals surface area (Å²) in [5.41, 5.74) is -0.217. The van der Waals surface area contributed by atoms with Gasteiger partial charge < -0.3 is 10.6 Å². The fourth-order valence-electron chi connectivity index (χ4n) is 1.96. The molecule has 1 atom stereocenters. The van der Waals surface area contributed by atoms with E-state index in [0.29, 0.717) is 0 Å². The molecular formula is C13H26N2O. The number of hydrogen-bond acceptors (Lipinski definition) is 2. The summed E-state index contributed by atoms with van der Waals surface area (Å²) in [6.45, 7) is 9.17. The zero-order valence-electron chi connectivity index (χ0n) is 10.9. The molecule has 0 radical (unpaired) electrons. The first-order valence-electron chi connectivity index (χ1n) is 6.55. The fourth-order valence-corrected chi connectivity index (χ4v) is 1.96. The van der Waals surface area contributed by atoms with Crippen molar-refractivity contribution in [2.24, 2.45) is 11.3 Å². The van der Waals surface area contributed by atoms with Gasteiger partial charge in [0.15, 0.2) is 0 Å². The quantitative estimate of drug-likeness (QED) is 0.752. The topological polar surface area (TPSA) is 41.1 Å². The molecule has 3 nitrogen and oxygen atoms in total. The van der Waals surface area contributed by atoms with Crippen molar-refractivity contribution in [3.63, 3.8) is 0 Å². The van der Waals surface area contributed by atoms with Crippen LogP contribution in [0.3, 0.4) is 0 Å². The summed E-state index contributed by atoms with van der Waals surface area (Å²) in [5.74, 6) is 0.942. The fraction of sp³-hybridized carbons (Fsp3) is 0.923. The summed E-state index contributed by atoms with van der Waals surface area (Å²) in [6.07, 6.45) is 4.58. The van der Waals surface area contributed by atoms with Crippen LogP contribution in [0.4, 0.5) is 0 Å². The average Bonchev–Trinajstić information content (AvgIpc) is 2.30. The number of hydrogen-bond donors (Lipinski definition) is 2. The van der Waals surface area contributed by atoms with Crippen molar-refractivity contribution >= 4 is 5.91 Å². The highest BCUT2D eigenvalue weighted by atomic mass is 16.2. The van der Waals surface area contributed by atoms with Crippen molar-refractivity contribution in [2.75, 3.05) is 19.6 Å². The number of piperidine rings is 1. The van der Waals surface area contributed by atoms with Crippen LogP contribution >= 0.6 is 0 Å². The molecule has 2 N–H and O–H groups in total. The number of nitrogens with one attached hydrogen (secondary N) is 2. The van der Waals surface area contributed by atoms with Crippen molar-refractivity contribution in [3.05, 3.63) is 0 Å². The first kappa shape index (κ1) is 13.5. The monoisotopic (exact) mass is 226 g/mol. The summed E-state index contributed by atoms with van der Waals surface area (Å²) in [6, 6.07) is 0. The van der Waals surface area contributed by atoms with E-state index >= 15 is 0 Å². The van der Waals surface area contributed by atoms with Gasteiger partial charge in [0.25, 0.3) is 0 Å². The molecule has 1 rings (SSSR count). The van der Waals surface area contributed by atoms with Gasteiger partial charge in [-0.3, -0.25) is 4.79 Å². The van der Waals surface area contributed by atoms with E-state index in [2.05, 4.69) is 17.6 Å². The molecule has 1 aliphatic rings. The third-order valence-electron chi connectivity index (χ3n) is 3.74. The van der Waals surface area contributed by atoms with Crippen LogP contribution in [-0.2, 0) is 4.79 Å². The lowest BCUT2D eigenvalue weighted by Crippen LogP contribution is -2.38. The molecule has 1 saturated heterocycles. The van der Waals surface area contributed by atoms with Crippen LogP contribution in [-0.4, -0.2) is 25.5 Å². The molecule has 3 heteroatoms. The average molecular weight is 226 g/mol. The van der Waals surface area contributed by atoms with E-state index in [9.17, 15) is 4.79 Å². The van der Waals surface area contributed by atoms with E-state index < -0.39 is 0 Å². The minimum absolute atomic E-state index is 0.193. The maximum atomic E-state index is 11.8. The van der Waals surface area contributed by atoms with Crippen molar-refractivity contribution in [3.8, 4) is 0 Å². The normalized spacial score (nSPS) is 21.8. The SMILES string of the molecule is CCC(C)(C)C(=O)NCCC1CCCNC1. The maximum absolute atomic E-state index is 11.8. The number of carbonyl (C=O) groups is 1. The van der Waals surface area contributed by atoms with Crippen LogP contribution in [0.5, 0.6) is 0 Å². The molecule has 94 valence electrons. The van der Waals surface area contributed by atoms with Crippen molar-refractivity contribution in [1.82, 2.24) is 10.6 Å². The zero-order chi connectivity index (χ0) is 12.0. The molecule has 1 heterocycles. The lowest BCUT2D eigenvalue weighted by Gasteiger charge is -2.25. The highest BCUT2D eigenvalue weighted by Crippen LogP contribution is 2.19. The van der Waals surface area contributed by atoms with E-state index in [0.717, 1.165) is 38.4 Å². The van der Waals surface area contributed by atoms with Gasteiger partial charge in [-0.25, -0.2) is 0 Å². The Morgan fingerprint density at radius 3 is 2.81 bits per heavy atom. The Morgan fingerprint density at radius 2 is 2.25 bits per heavy atom. The molecule has 0 aliphatic carbocycles. The van der Waals surface area contributed by atoms with Gasteiger partial charge in [-0.1, -0.05) is 20.8 Å². The molecule has 0 spiro atoms. The van der Waals surface area contributed by atoms with Gasteiger partial charge >= 0.3 is 0 Å². The van der Waals surface area contributed by atoms with Crippen LogP contribution in [0, 0.1) is 11.3 Å². The first-order chi connectivity index (χ1) is 7.56. The molecule has 0 saturated carbocycles. The summed E-state index contributed by atoms with van der Waals surface area (Å²) >= 11 is 0. The van der Waals surface area contributed by atoms with Gasteiger partial charge in [-0.15, -0.1) is 0 Å². The number of rotatable bonds is 5. The van der Waals surface area contributed by atoms with Crippen molar-refractivity contribution in [1.29, 1.82) is 0 Å². The molecule has 1 aliphatic heterocycles. The molecule has 1 unspecified atom stereocenters. The van der Waals surface area contributed by atoms with Crippen LogP contribution < -0.4 is 10.6 Å². The van der Waals surface area contributed by atoms with Gasteiger partial charge in [0.1, 0.15) is 0 Å². The second-order valence-electron chi connectivity index (χ2n) is 5.49. The van der Waals surface area contributed by atoms with E-state index in [-0.39, 0.29) is 11.3 Å². The van der Waals surface area contributed by atoms with E-state index in [1.165, 1.54) is 12.8 Å². The second-order valence-corrected chi connectivity index (χ2v) is 5.49. The van der Waals surface area contributed by atoms with Gasteiger partial charge in [-0.05, 0) is 44.7 Å². The van der Waals surface area contributed by atoms with Crippen LogP contribution in [0.25, 0.3) is 0 Å². The second kappa shape index (κ2) is 6.24. The number of carbonyl (C=O) groups excluding carboxylic acids is 1. The summed E-state index contributed by atoms with van der Waals surface area (Å²) in [4.78, 5) is 11.8. The minimum atomic E-state index is -0.217. The maximum Gasteiger partial charge on any atom is 0.225 e. The Balaban J connectivity index is 2.17. The van der Waals surface area contributed by atoms with Gasteiger partial charge in [-0.2, -0.15) is 0 Å². The summed E-state index contributed by atoms with van der Waals surface area (Å²) < 4.78 is 0. The molecule has 1 fully saturated rings. The van der Waals surface area contributed by atoms with Gasteiger partial charge in [0, 0.05) is 12.0 Å². The van der Waals surface area contributed by atoms with Crippen LogP contribution in [0.15, 0.2) is 0 Å². The Kier molecular flexibility index (Phi) is 5.26. The van der Waals surface area contributed by atoms with E-state index in [1.54, 1.807) is 0 Å².